The Morgan fingerprint density at radius 3 is 2.52 bits per heavy atom. The van der Waals surface area contributed by atoms with Crippen molar-refractivity contribution >= 4 is 16.1 Å². The smallest absolute Gasteiger partial charge is 0.480 e. The van der Waals surface area contributed by atoms with Crippen LogP contribution in [0.3, 0.4) is 0 Å². The fourth-order valence-corrected chi connectivity index (χ4v) is 2.47. The van der Waals surface area contributed by atoms with E-state index < -0.39 is 38.9 Å². The minimum absolute atomic E-state index is 0.0834. The molecular weight excluding hydrogens is 319 g/mol. The molecule has 1 N–H and O–H groups in total. The third-order valence-electron chi connectivity index (χ3n) is 2.88. The molecule has 0 saturated heterocycles. The summed E-state index contributed by atoms with van der Waals surface area (Å²) in [4.78, 5) is 22.7. The van der Waals surface area contributed by atoms with Gasteiger partial charge in [0, 0.05) is 17.8 Å². The summed E-state index contributed by atoms with van der Waals surface area (Å²) in [6.45, 7) is 0. The number of carboxylic acid groups (broad SMARTS) is 1. The predicted molar refractivity (Wildman–Crippen MR) is 61.3 cm³/mol. The number of hydrogen-bond acceptors (Lipinski definition) is 5. The van der Waals surface area contributed by atoms with Crippen molar-refractivity contribution in [2.24, 2.45) is 0 Å². The van der Waals surface area contributed by atoms with Crippen LogP contribution in [0.25, 0.3) is 0 Å². The summed E-state index contributed by atoms with van der Waals surface area (Å²) in [5.41, 5.74) is -6.46. The lowest BCUT2D eigenvalue weighted by atomic mass is 10.2. The molecule has 7 nitrogen and oxygen atoms in total. The molecule has 1 aromatic heterocycles. The summed E-state index contributed by atoms with van der Waals surface area (Å²) in [6.07, 6.45) is 0.190. The number of halogens is 3. The number of aliphatic carboxylic acids is 1. The number of pyridine rings is 1. The predicted octanol–water partition coefficient (Wildman–Crippen LogP) is 0.649. The van der Waals surface area contributed by atoms with Crippen molar-refractivity contribution in [1.29, 1.82) is 0 Å². The molecule has 1 aliphatic rings. The molecule has 0 amide bonds. The summed E-state index contributed by atoms with van der Waals surface area (Å²) in [5, 5.41) is 8.91. The SMILES string of the molecule is O=C(O)[C@@H]1CCc2cc(OS(=O)(=O)C(F)(F)F)cc(=O)n21. The van der Waals surface area contributed by atoms with Crippen LogP contribution in [0.2, 0.25) is 0 Å². The molecule has 0 aromatic carbocycles. The zero-order chi connectivity index (χ0) is 16.0. The van der Waals surface area contributed by atoms with Crippen LogP contribution in [-0.2, 0) is 21.3 Å². The van der Waals surface area contributed by atoms with E-state index in [0.29, 0.717) is 6.07 Å². The van der Waals surface area contributed by atoms with E-state index in [9.17, 15) is 31.2 Å². The Balaban J connectivity index is 2.42. The van der Waals surface area contributed by atoms with Crippen LogP contribution in [0.4, 0.5) is 13.2 Å². The second-order valence-corrected chi connectivity index (χ2v) is 5.80. The average molecular weight is 327 g/mol. The van der Waals surface area contributed by atoms with Gasteiger partial charge in [-0.1, -0.05) is 0 Å². The highest BCUT2D eigenvalue weighted by atomic mass is 32.2. The maximum absolute atomic E-state index is 12.2. The van der Waals surface area contributed by atoms with Crippen LogP contribution < -0.4 is 9.74 Å². The molecule has 2 rings (SSSR count). The number of carboxylic acids is 1. The molecule has 0 spiro atoms. The molecule has 0 bridgehead atoms. The van der Waals surface area contributed by atoms with E-state index >= 15 is 0 Å². The lowest BCUT2D eigenvalue weighted by molar-refractivity contribution is -0.140. The molecule has 0 radical (unpaired) electrons. The van der Waals surface area contributed by atoms with Crippen LogP contribution in [0.15, 0.2) is 16.9 Å². The van der Waals surface area contributed by atoms with Gasteiger partial charge < -0.3 is 9.29 Å². The number of alkyl halides is 3. The molecule has 1 aromatic rings. The Labute approximate surface area is 115 Å². The van der Waals surface area contributed by atoms with E-state index in [1.807, 2.05) is 0 Å². The number of hydrogen-bond donors (Lipinski definition) is 1. The number of rotatable bonds is 3. The first kappa shape index (κ1) is 15.4. The van der Waals surface area contributed by atoms with Crippen molar-refractivity contribution in [1.82, 2.24) is 4.57 Å². The molecule has 2 heterocycles. The average Bonchev–Trinajstić information content (AvgIpc) is 2.70. The van der Waals surface area contributed by atoms with Crippen LogP contribution in [0.1, 0.15) is 18.2 Å². The van der Waals surface area contributed by atoms with E-state index in [0.717, 1.165) is 10.6 Å². The quantitative estimate of drug-likeness (QED) is 0.646. The van der Waals surface area contributed by atoms with Gasteiger partial charge in [-0.25, -0.2) is 4.79 Å². The van der Waals surface area contributed by atoms with Crippen molar-refractivity contribution in [3.63, 3.8) is 0 Å². The van der Waals surface area contributed by atoms with E-state index in [2.05, 4.69) is 4.18 Å². The fourth-order valence-electron chi connectivity index (χ4n) is 2.02. The van der Waals surface area contributed by atoms with Crippen LogP contribution in [0.5, 0.6) is 5.75 Å². The highest BCUT2D eigenvalue weighted by Gasteiger charge is 2.48. The third kappa shape index (κ3) is 2.73. The van der Waals surface area contributed by atoms with Gasteiger partial charge in [0.2, 0.25) is 0 Å². The largest absolute Gasteiger partial charge is 0.534 e. The van der Waals surface area contributed by atoms with Crippen molar-refractivity contribution in [2.45, 2.75) is 24.4 Å². The van der Waals surface area contributed by atoms with Gasteiger partial charge in [-0.15, -0.1) is 0 Å². The summed E-state index contributed by atoms with van der Waals surface area (Å²) in [6, 6.07) is 0.294. The normalized spacial score (nSPS) is 18.3. The third-order valence-corrected chi connectivity index (χ3v) is 3.86. The maximum atomic E-state index is 12.2. The lowest BCUT2D eigenvalue weighted by Gasteiger charge is -2.12. The summed E-state index contributed by atoms with van der Waals surface area (Å²) in [5.74, 6) is -2.05. The molecular formula is C10H8F3NO6S. The van der Waals surface area contributed by atoms with Gasteiger partial charge in [0.05, 0.1) is 0 Å². The minimum atomic E-state index is -5.88. The van der Waals surface area contributed by atoms with E-state index in [1.165, 1.54) is 0 Å². The summed E-state index contributed by atoms with van der Waals surface area (Å²) in [7, 11) is -5.88. The van der Waals surface area contributed by atoms with Gasteiger partial charge in [-0.3, -0.25) is 9.36 Å². The maximum Gasteiger partial charge on any atom is 0.534 e. The number of aryl methyl sites for hydroxylation is 1. The first-order valence-electron chi connectivity index (χ1n) is 5.52. The van der Waals surface area contributed by atoms with Gasteiger partial charge in [0.25, 0.3) is 5.56 Å². The van der Waals surface area contributed by atoms with E-state index in [1.54, 1.807) is 0 Å². The van der Waals surface area contributed by atoms with Gasteiger partial charge >= 0.3 is 21.6 Å². The Kier molecular flexibility index (Phi) is 3.48. The molecule has 0 fully saturated rings. The molecule has 116 valence electrons. The van der Waals surface area contributed by atoms with Gasteiger partial charge in [0.15, 0.2) is 0 Å². The fraction of sp³-hybridized carbons (Fsp3) is 0.400. The van der Waals surface area contributed by atoms with Gasteiger partial charge in [-0.05, 0) is 12.8 Å². The van der Waals surface area contributed by atoms with Crippen molar-refractivity contribution in [2.75, 3.05) is 0 Å². The molecule has 1 atom stereocenters. The van der Waals surface area contributed by atoms with Crippen LogP contribution in [0, 0.1) is 0 Å². The van der Waals surface area contributed by atoms with Crippen LogP contribution >= 0.6 is 0 Å². The minimum Gasteiger partial charge on any atom is -0.480 e. The second-order valence-electron chi connectivity index (χ2n) is 4.27. The topological polar surface area (TPSA) is 103 Å². The van der Waals surface area contributed by atoms with Crippen molar-refractivity contribution in [3.05, 3.63) is 28.2 Å². The molecule has 11 heteroatoms. The molecule has 1 aliphatic heterocycles. The first-order chi connectivity index (χ1) is 9.53. The Bertz CT molecular complexity index is 751. The highest BCUT2D eigenvalue weighted by Crippen LogP contribution is 2.29. The molecule has 0 unspecified atom stereocenters. The van der Waals surface area contributed by atoms with Crippen LogP contribution in [-0.4, -0.2) is 29.6 Å². The number of nitrogens with zero attached hydrogens (tertiary/aromatic N) is 1. The number of carbonyl (C=O) groups is 1. The monoisotopic (exact) mass is 327 g/mol. The highest BCUT2D eigenvalue weighted by molar-refractivity contribution is 7.87. The summed E-state index contributed by atoms with van der Waals surface area (Å²) < 4.78 is 63.0. The van der Waals surface area contributed by atoms with Gasteiger partial charge in [-0.2, -0.15) is 21.6 Å². The van der Waals surface area contributed by atoms with E-state index in [4.69, 9.17) is 5.11 Å². The Morgan fingerprint density at radius 2 is 2.00 bits per heavy atom. The molecule has 0 saturated carbocycles. The van der Waals surface area contributed by atoms with E-state index in [-0.39, 0.29) is 18.5 Å². The zero-order valence-electron chi connectivity index (χ0n) is 10.1. The number of fused-ring (bicyclic) bond motifs is 1. The molecule has 0 aliphatic carbocycles. The van der Waals surface area contributed by atoms with Crippen molar-refractivity contribution in [3.8, 4) is 5.75 Å². The lowest BCUT2D eigenvalue weighted by Crippen LogP contribution is -2.30. The van der Waals surface area contributed by atoms with Gasteiger partial charge in [0.1, 0.15) is 11.8 Å². The first-order valence-corrected chi connectivity index (χ1v) is 6.93. The Hall–Kier alpha value is -2.04. The summed E-state index contributed by atoms with van der Waals surface area (Å²) >= 11 is 0. The number of aromatic nitrogens is 1. The van der Waals surface area contributed by atoms with Crippen molar-refractivity contribution < 1.29 is 35.7 Å². The standard InChI is InChI=1S/C10H8F3NO6S/c11-10(12,13)21(18,19)20-6-3-5-1-2-7(9(16)17)14(5)8(15)4-6/h3-4,7H,1-2H2,(H,16,17)/t7-/m0/s1. The molecule has 21 heavy (non-hydrogen) atoms. The Morgan fingerprint density at radius 1 is 1.38 bits per heavy atom. The zero-order valence-corrected chi connectivity index (χ0v) is 10.9. The second kappa shape index (κ2) is 4.76.